The van der Waals surface area contributed by atoms with E-state index in [1.807, 2.05) is 60.7 Å². The Labute approximate surface area is 133 Å². The quantitative estimate of drug-likeness (QED) is 0.571. The molecule has 0 aliphatic rings. The number of phenolic OH excluding ortho intramolecular Hbond substituents is 1. The van der Waals surface area contributed by atoms with Crippen LogP contribution in [0.2, 0.25) is 0 Å². The second-order valence-corrected chi connectivity index (χ2v) is 4.72. The Morgan fingerprint density at radius 3 is 1.70 bits per heavy atom. The maximum atomic E-state index is 10.0. The number of aromatic hydroxyl groups is 1. The molecule has 0 atom stereocenters. The Kier molecular flexibility index (Phi) is 4.49. The molecule has 3 rings (SSSR count). The number of azo groups is 2. The topological polar surface area (TPSA) is 69.7 Å². The molecule has 23 heavy (non-hydrogen) atoms. The van der Waals surface area contributed by atoms with Crippen LogP contribution in [0.3, 0.4) is 0 Å². The van der Waals surface area contributed by atoms with Crippen LogP contribution in [0.5, 0.6) is 5.75 Å². The third-order valence-corrected chi connectivity index (χ3v) is 3.04. The van der Waals surface area contributed by atoms with Crippen LogP contribution in [-0.4, -0.2) is 5.11 Å². The molecule has 0 radical (unpaired) electrons. The zero-order valence-corrected chi connectivity index (χ0v) is 12.2. The first-order chi connectivity index (χ1) is 11.3. The first kappa shape index (κ1) is 14.6. The summed E-state index contributed by atoms with van der Waals surface area (Å²) in [5.41, 5.74) is 2.16. The number of hydrogen-bond donors (Lipinski definition) is 1. The lowest BCUT2D eigenvalue weighted by Gasteiger charge is -2.01. The van der Waals surface area contributed by atoms with E-state index in [-0.39, 0.29) is 11.4 Å². The standard InChI is InChI=1S/C18H14N4O/c23-17-13-7-12-16(21-19-14-8-3-1-4-9-14)18(17)22-20-15-10-5-2-6-11-15/h1-13,23H. The van der Waals surface area contributed by atoms with E-state index in [9.17, 15) is 5.11 Å². The van der Waals surface area contributed by atoms with Crippen LogP contribution in [0, 0.1) is 0 Å². The summed E-state index contributed by atoms with van der Waals surface area (Å²) in [6.45, 7) is 0. The first-order valence-electron chi connectivity index (χ1n) is 7.08. The molecule has 0 heterocycles. The van der Waals surface area contributed by atoms with Crippen LogP contribution in [0.4, 0.5) is 22.7 Å². The minimum absolute atomic E-state index is 0.00851. The van der Waals surface area contributed by atoms with Crippen LogP contribution >= 0.6 is 0 Å². The molecule has 0 aromatic heterocycles. The van der Waals surface area contributed by atoms with Crippen molar-refractivity contribution in [3.05, 3.63) is 78.9 Å². The van der Waals surface area contributed by atoms with Crippen LogP contribution in [0.1, 0.15) is 0 Å². The van der Waals surface area contributed by atoms with E-state index in [1.165, 1.54) is 0 Å². The van der Waals surface area contributed by atoms with Crippen molar-refractivity contribution in [3.8, 4) is 5.75 Å². The van der Waals surface area contributed by atoms with E-state index in [0.29, 0.717) is 11.4 Å². The lowest BCUT2D eigenvalue weighted by atomic mass is 10.2. The van der Waals surface area contributed by atoms with Gasteiger partial charge >= 0.3 is 0 Å². The molecule has 112 valence electrons. The second-order valence-electron chi connectivity index (χ2n) is 4.72. The summed E-state index contributed by atoms with van der Waals surface area (Å²) in [5.74, 6) is 0.00851. The average molecular weight is 302 g/mol. The molecule has 3 aromatic rings. The minimum atomic E-state index is 0.00851. The summed E-state index contributed by atoms with van der Waals surface area (Å²) in [7, 11) is 0. The molecule has 0 amide bonds. The molecule has 0 saturated heterocycles. The largest absolute Gasteiger partial charge is 0.506 e. The van der Waals surface area contributed by atoms with Gasteiger partial charge in [0.15, 0.2) is 5.69 Å². The fraction of sp³-hybridized carbons (Fsp3) is 0. The van der Waals surface area contributed by atoms with Gasteiger partial charge in [0.1, 0.15) is 11.4 Å². The van der Waals surface area contributed by atoms with Gasteiger partial charge in [-0.1, -0.05) is 42.5 Å². The molecule has 0 aliphatic carbocycles. The van der Waals surface area contributed by atoms with Gasteiger partial charge in [0.05, 0.1) is 11.4 Å². The maximum absolute atomic E-state index is 10.0. The van der Waals surface area contributed by atoms with Gasteiger partial charge in [-0.25, -0.2) is 0 Å². The number of nitrogens with zero attached hydrogens (tertiary/aromatic N) is 4. The summed E-state index contributed by atoms with van der Waals surface area (Å²) < 4.78 is 0. The second kappa shape index (κ2) is 7.09. The monoisotopic (exact) mass is 302 g/mol. The number of hydrogen-bond acceptors (Lipinski definition) is 5. The molecule has 0 spiro atoms. The Balaban J connectivity index is 1.91. The summed E-state index contributed by atoms with van der Waals surface area (Å²) in [6.07, 6.45) is 0. The van der Waals surface area contributed by atoms with Gasteiger partial charge in [0, 0.05) is 0 Å². The van der Waals surface area contributed by atoms with Gasteiger partial charge in [0.2, 0.25) is 0 Å². The molecular weight excluding hydrogens is 288 g/mol. The Morgan fingerprint density at radius 1 is 0.522 bits per heavy atom. The highest BCUT2D eigenvalue weighted by molar-refractivity contribution is 5.68. The molecule has 0 fully saturated rings. The number of rotatable bonds is 4. The van der Waals surface area contributed by atoms with E-state index < -0.39 is 0 Å². The van der Waals surface area contributed by atoms with Gasteiger partial charge < -0.3 is 5.11 Å². The molecular formula is C18H14N4O. The van der Waals surface area contributed by atoms with E-state index in [0.717, 1.165) is 5.69 Å². The van der Waals surface area contributed by atoms with Crippen molar-refractivity contribution in [2.24, 2.45) is 20.5 Å². The van der Waals surface area contributed by atoms with Crippen LogP contribution in [0.25, 0.3) is 0 Å². The highest BCUT2D eigenvalue weighted by Crippen LogP contribution is 2.38. The van der Waals surface area contributed by atoms with E-state index in [2.05, 4.69) is 20.5 Å². The van der Waals surface area contributed by atoms with E-state index >= 15 is 0 Å². The van der Waals surface area contributed by atoms with Crippen molar-refractivity contribution in [1.82, 2.24) is 0 Å². The third kappa shape index (κ3) is 3.85. The van der Waals surface area contributed by atoms with Gasteiger partial charge in [0.25, 0.3) is 0 Å². The molecule has 0 aliphatic heterocycles. The minimum Gasteiger partial charge on any atom is -0.506 e. The van der Waals surface area contributed by atoms with Gasteiger partial charge in [-0.2, -0.15) is 10.2 Å². The molecule has 5 nitrogen and oxygen atoms in total. The molecule has 0 unspecified atom stereocenters. The van der Waals surface area contributed by atoms with Crippen LogP contribution in [-0.2, 0) is 0 Å². The zero-order valence-electron chi connectivity index (χ0n) is 12.2. The third-order valence-electron chi connectivity index (χ3n) is 3.04. The normalized spacial score (nSPS) is 11.3. The first-order valence-corrected chi connectivity index (χ1v) is 7.08. The van der Waals surface area contributed by atoms with Crippen molar-refractivity contribution >= 4 is 22.7 Å². The Bertz CT molecular complexity index is 830. The molecule has 1 N–H and O–H groups in total. The van der Waals surface area contributed by atoms with Crippen molar-refractivity contribution in [3.63, 3.8) is 0 Å². The Hall–Kier alpha value is -3.34. The maximum Gasteiger partial charge on any atom is 0.155 e. The SMILES string of the molecule is Oc1cccc(N=Nc2ccccc2)c1N=Nc1ccccc1. The van der Waals surface area contributed by atoms with Crippen molar-refractivity contribution in [1.29, 1.82) is 0 Å². The molecule has 5 heteroatoms. The lowest BCUT2D eigenvalue weighted by molar-refractivity contribution is 0.476. The van der Waals surface area contributed by atoms with Crippen LogP contribution < -0.4 is 0 Å². The Morgan fingerprint density at radius 2 is 1.09 bits per heavy atom. The average Bonchev–Trinajstić information content (AvgIpc) is 2.61. The smallest absolute Gasteiger partial charge is 0.155 e. The fourth-order valence-electron chi connectivity index (χ4n) is 1.91. The fourth-order valence-corrected chi connectivity index (χ4v) is 1.91. The molecule has 3 aromatic carbocycles. The predicted octanol–water partition coefficient (Wildman–Crippen LogP) is 6.22. The van der Waals surface area contributed by atoms with Gasteiger partial charge in [-0.15, -0.1) is 10.2 Å². The highest BCUT2D eigenvalue weighted by Gasteiger charge is 2.06. The van der Waals surface area contributed by atoms with Crippen LogP contribution in [0.15, 0.2) is 99.3 Å². The lowest BCUT2D eigenvalue weighted by Crippen LogP contribution is -1.71. The predicted molar refractivity (Wildman–Crippen MR) is 89.3 cm³/mol. The summed E-state index contributed by atoms with van der Waals surface area (Å²) in [6, 6.07) is 23.6. The number of phenols is 1. The molecule has 0 saturated carbocycles. The number of benzene rings is 3. The van der Waals surface area contributed by atoms with Crippen molar-refractivity contribution < 1.29 is 5.11 Å². The van der Waals surface area contributed by atoms with Crippen molar-refractivity contribution in [2.45, 2.75) is 0 Å². The van der Waals surface area contributed by atoms with E-state index in [4.69, 9.17) is 0 Å². The summed E-state index contributed by atoms with van der Waals surface area (Å²) in [5, 5.41) is 26.5. The summed E-state index contributed by atoms with van der Waals surface area (Å²) >= 11 is 0. The van der Waals surface area contributed by atoms with Crippen molar-refractivity contribution in [2.75, 3.05) is 0 Å². The van der Waals surface area contributed by atoms with Gasteiger partial charge in [-0.3, -0.25) is 0 Å². The summed E-state index contributed by atoms with van der Waals surface area (Å²) in [4.78, 5) is 0. The zero-order chi connectivity index (χ0) is 15.9. The molecule has 0 bridgehead atoms. The van der Waals surface area contributed by atoms with Gasteiger partial charge in [-0.05, 0) is 36.4 Å². The van der Waals surface area contributed by atoms with E-state index in [1.54, 1.807) is 18.2 Å². The highest BCUT2D eigenvalue weighted by atomic mass is 16.3.